The molecule has 0 radical (unpaired) electrons. The second-order valence-electron chi connectivity index (χ2n) is 5.52. The number of benzene rings is 1. The van der Waals surface area contributed by atoms with Crippen molar-refractivity contribution in [3.05, 3.63) is 29.8 Å². The van der Waals surface area contributed by atoms with Crippen LogP contribution in [-0.4, -0.2) is 29.4 Å². The van der Waals surface area contributed by atoms with Crippen LogP contribution in [0, 0.1) is 0 Å². The van der Waals surface area contributed by atoms with E-state index in [2.05, 4.69) is 4.90 Å². The summed E-state index contributed by atoms with van der Waals surface area (Å²) in [5, 5.41) is 20.2. The minimum atomic E-state index is -0.555. The first-order valence-corrected chi connectivity index (χ1v) is 6.72. The molecule has 1 fully saturated rings. The Balaban J connectivity index is 2.15. The maximum atomic E-state index is 10.4. The Kier molecular flexibility index (Phi) is 3.93. The summed E-state index contributed by atoms with van der Waals surface area (Å²) in [6.07, 6.45) is 3.51. The molecule has 3 nitrogen and oxygen atoms in total. The van der Waals surface area contributed by atoms with Gasteiger partial charge in [0.15, 0.2) is 0 Å². The normalized spacial score (nSPS) is 19.8. The van der Waals surface area contributed by atoms with E-state index in [1.165, 1.54) is 0 Å². The summed E-state index contributed by atoms with van der Waals surface area (Å²) in [5.74, 6) is 0. The molecular formula is C15H23NO2. The number of anilines is 1. The lowest BCUT2D eigenvalue weighted by Gasteiger charge is -2.31. The molecule has 0 saturated heterocycles. The van der Waals surface area contributed by atoms with Crippen molar-refractivity contribution in [1.29, 1.82) is 0 Å². The summed E-state index contributed by atoms with van der Waals surface area (Å²) in [7, 11) is 1.98. The average molecular weight is 249 g/mol. The number of likely N-dealkylation sites (N-methyl/N-ethyl adjacent to an activating group) is 1. The summed E-state index contributed by atoms with van der Waals surface area (Å²) < 4.78 is 0. The van der Waals surface area contributed by atoms with Gasteiger partial charge in [0.25, 0.3) is 0 Å². The third kappa shape index (κ3) is 2.85. The lowest BCUT2D eigenvalue weighted by molar-refractivity contribution is 0.0558. The third-order valence-corrected chi connectivity index (χ3v) is 3.86. The zero-order valence-electron chi connectivity index (χ0n) is 11.3. The molecule has 1 aromatic carbocycles. The number of rotatable bonds is 4. The molecule has 0 bridgehead atoms. The van der Waals surface area contributed by atoms with Crippen molar-refractivity contribution in [3.8, 4) is 0 Å². The van der Waals surface area contributed by atoms with E-state index in [0.29, 0.717) is 6.54 Å². The van der Waals surface area contributed by atoms with Crippen molar-refractivity contribution in [2.45, 2.75) is 44.3 Å². The Morgan fingerprint density at radius 2 is 1.89 bits per heavy atom. The number of aliphatic hydroxyl groups is 2. The first kappa shape index (κ1) is 13.4. The van der Waals surface area contributed by atoms with Crippen molar-refractivity contribution < 1.29 is 10.2 Å². The molecule has 1 aromatic rings. The predicted molar refractivity (Wildman–Crippen MR) is 73.8 cm³/mol. The fourth-order valence-corrected chi connectivity index (χ4v) is 2.91. The van der Waals surface area contributed by atoms with Gasteiger partial charge in [-0.2, -0.15) is 0 Å². The van der Waals surface area contributed by atoms with Gasteiger partial charge in [-0.1, -0.05) is 31.0 Å². The van der Waals surface area contributed by atoms with Gasteiger partial charge in [-0.05, 0) is 25.8 Å². The van der Waals surface area contributed by atoms with Crippen LogP contribution in [0.2, 0.25) is 0 Å². The van der Waals surface area contributed by atoms with Crippen molar-refractivity contribution in [2.75, 3.05) is 18.5 Å². The van der Waals surface area contributed by atoms with Crippen LogP contribution in [0.15, 0.2) is 24.3 Å². The Hall–Kier alpha value is -1.06. The van der Waals surface area contributed by atoms with Crippen LogP contribution in [0.25, 0.3) is 0 Å². The molecule has 1 atom stereocenters. The quantitative estimate of drug-likeness (QED) is 0.861. The second-order valence-corrected chi connectivity index (χ2v) is 5.52. The fraction of sp³-hybridized carbons (Fsp3) is 0.600. The topological polar surface area (TPSA) is 43.7 Å². The molecule has 18 heavy (non-hydrogen) atoms. The van der Waals surface area contributed by atoms with Crippen molar-refractivity contribution in [1.82, 2.24) is 0 Å². The second kappa shape index (κ2) is 5.29. The molecule has 1 aliphatic rings. The van der Waals surface area contributed by atoms with E-state index in [9.17, 15) is 10.2 Å². The van der Waals surface area contributed by atoms with Gasteiger partial charge >= 0.3 is 0 Å². The van der Waals surface area contributed by atoms with Gasteiger partial charge in [-0.15, -0.1) is 0 Å². The highest BCUT2D eigenvalue weighted by Crippen LogP contribution is 2.33. The Bertz CT molecular complexity index is 397. The van der Waals surface area contributed by atoms with Crippen molar-refractivity contribution in [2.24, 2.45) is 0 Å². The minimum Gasteiger partial charge on any atom is -0.389 e. The summed E-state index contributed by atoms with van der Waals surface area (Å²) in [4.78, 5) is 2.06. The SMILES string of the molecule is CC(O)c1ccccc1N(C)CC1(O)CCCC1. The molecule has 2 N–H and O–H groups in total. The summed E-state index contributed by atoms with van der Waals surface area (Å²) >= 11 is 0. The first-order valence-electron chi connectivity index (χ1n) is 6.72. The molecule has 0 amide bonds. The van der Waals surface area contributed by atoms with Crippen LogP contribution < -0.4 is 4.90 Å². The molecule has 0 heterocycles. The van der Waals surface area contributed by atoms with E-state index in [1.807, 2.05) is 31.3 Å². The highest BCUT2D eigenvalue weighted by Gasteiger charge is 2.32. The van der Waals surface area contributed by atoms with Gasteiger partial charge < -0.3 is 15.1 Å². The van der Waals surface area contributed by atoms with Crippen molar-refractivity contribution in [3.63, 3.8) is 0 Å². The Morgan fingerprint density at radius 1 is 1.28 bits per heavy atom. The van der Waals surface area contributed by atoms with Gasteiger partial charge in [-0.25, -0.2) is 0 Å². The number of para-hydroxylation sites is 1. The average Bonchev–Trinajstić information content (AvgIpc) is 2.75. The van der Waals surface area contributed by atoms with Gasteiger partial charge in [0, 0.05) is 24.8 Å². The van der Waals surface area contributed by atoms with E-state index in [4.69, 9.17) is 0 Å². The lowest BCUT2D eigenvalue weighted by atomic mass is 10.0. The first-order chi connectivity index (χ1) is 8.52. The van der Waals surface area contributed by atoms with E-state index >= 15 is 0 Å². The van der Waals surface area contributed by atoms with Gasteiger partial charge in [0.05, 0.1) is 11.7 Å². The van der Waals surface area contributed by atoms with Crippen LogP contribution in [0.3, 0.4) is 0 Å². The molecular weight excluding hydrogens is 226 g/mol. The van der Waals surface area contributed by atoms with Gasteiger partial charge in [0.2, 0.25) is 0 Å². The third-order valence-electron chi connectivity index (χ3n) is 3.86. The maximum Gasteiger partial charge on any atom is 0.0821 e. The molecule has 0 aliphatic heterocycles. The monoisotopic (exact) mass is 249 g/mol. The highest BCUT2D eigenvalue weighted by atomic mass is 16.3. The Morgan fingerprint density at radius 3 is 2.50 bits per heavy atom. The fourth-order valence-electron chi connectivity index (χ4n) is 2.91. The van der Waals surface area contributed by atoms with Crippen molar-refractivity contribution >= 4 is 5.69 Å². The molecule has 100 valence electrons. The molecule has 3 heteroatoms. The lowest BCUT2D eigenvalue weighted by Crippen LogP contribution is -2.39. The van der Waals surface area contributed by atoms with Gasteiger partial charge in [0.1, 0.15) is 0 Å². The van der Waals surface area contributed by atoms with Crippen LogP contribution >= 0.6 is 0 Å². The number of aliphatic hydroxyl groups excluding tert-OH is 1. The van der Waals surface area contributed by atoms with E-state index in [0.717, 1.165) is 36.9 Å². The molecule has 2 rings (SSSR count). The number of hydrogen-bond acceptors (Lipinski definition) is 3. The number of hydrogen-bond donors (Lipinski definition) is 2. The predicted octanol–water partition coefficient (Wildman–Crippen LogP) is 2.48. The largest absolute Gasteiger partial charge is 0.389 e. The Labute approximate surface area is 109 Å². The standard InChI is InChI=1S/C15H23NO2/c1-12(17)13-7-3-4-8-14(13)16(2)11-15(18)9-5-6-10-15/h3-4,7-8,12,17-18H,5-6,9-11H2,1-2H3. The molecule has 0 spiro atoms. The van der Waals surface area contributed by atoms with Crippen LogP contribution in [0.1, 0.15) is 44.3 Å². The van der Waals surface area contributed by atoms with Crippen LogP contribution in [0.5, 0.6) is 0 Å². The molecule has 0 aromatic heterocycles. The zero-order valence-corrected chi connectivity index (χ0v) is 11.3. The van der Waals surface area contributed by atoms with Crippen LogP contribution in [-0.2, 0) is 0 Å². The smallest absolute Gasteiger partial charge is 0.0821 e. The van der Waals surface area contributed by atoms with E-state index in [-0.39, 0.29) is 0 Å². The zero-order chi connectivity index (χ0) is 13.2. The highest BCUT2D eigenvalue weighted by molar-refractivity contribution is 5.54. The molecule has 1 unspecified atom stereocenters. The number of nitrogens with zero attached hydrogens (tertiary/aromatic N) is 1. The van der Waals surface area contributed by atoms with Gasteiger partial charge in [-0.3, -0.25) is 0 Å². The molecule has 1 aliphatic carbocycles. The summed E-state index contributed by atoms with van der Waals surface area (Å²) in [5.41, 5.74) is 1.37. The van der Waals surface area contributed by atoms with E-state index in [1.54, 1.807) is 6.92 Å². The maximum absolute atomic E-state index is 10.4. The molecule has 1 saturated carbocycles. The summed E-state index contributed by atoms with van der Waals surface area (Å²) in [6, 6.07) is 7.84. The van der Waals surface area contributed by atoms with E-state index < -0.39 is 11.7 Å². The van der Waals surface area contributed by atoms with Crippen LogP contribution in [0.4, 0.5) is 5.69 Å². The summed E-state index contributed by atoms with van der Waals surface area (Å²) in [6.45, 7) is 2.41. The minimum absolute atomic E-state index is 0.484.